The van der Waals surface area contributed by atoms with Crippen molar-refractivity contribution < 1.29 is 23.9 Å². The molecular formula is C27H24ClN3O6S2. The van der Waals surface area contributed by atoms with Crippen molar-refractivity contribution >= 4 is 69.8 Å². The fourth-order valence-corrected chi connectivity index (χ4v) is 8.02. The number of carbonyl (C=O) groups is 4. The number of thioether (sulfide) groups is 1. The average Bonchev–Trinajstić information content (AvgIpc) is 3.34. The van der Waals surface area contributed by atoms with Crippen LogP contribution in [0.2, 0.25) is 5.02 Å². The fourth-order valence-electron chi connectivity index (χ4n) is 4.86. The van der Waals surface area contributed by atoms with Crippen molar-refractivity contribution in [2.75, 3.05) is 16.8 Å². The quantitative estimate of drug-likeness (QED) is 0.338. The van der Waals surface area contributed by atoms with Gasteiger partial charge in [0.2, 0.25) is 17.7 Å². The molecule has 0 aliphatic carbocycles. The highest BCUT2D eigenvalue weighted by atomic mass is 35.5. The summed E-state index contributed by atoms with van der Waals surface area (Å²) in [5, 5.41) is 3.02. The third-order valence-electron chi connectivity index (χ3n) is 6.77. The lowest BCUT2D eigenvalue weighted by Gasteiger charge is -2.36. The number of amides is 3. The maximum atomic E-state index is 13.6. The minimum absolute atomic E-state index is 0.233. The van der Waals surface area contributed by atoms with E-state index >= 15 is 0 Å². The number of anilines is 2. The number of ether oxygens (including phenoxy) is 1. The first-order valence-electron chi connectivity index (χ1n) is 12.1. The van der Waals surface area contributed by atoms with Gasteiger partial charge in [-0.1, -0.05) is 48.5 Å². The average molecular weight is 586 g/mol. The number of nitrogens with one attached hydrogen (secondary N) is 1. The molecule has 0 radical (unpaired) electrons. The van der Waals surface area contributed by atoms with Gasteiger partial charge in [-0.25, -0.2) is 9.69 Å². The number of carbonyl (C=O) groups excluding carboxylic acids is 4. The van der Waals surface area contributed by atoms with Gasteiger partial charge in [-0.05, 0) is 55.5 Å². The molecule has 3 aromatic rings. The number of aromatic nitrogens is 1. The van der Waals surface area contributed by atoms with Crippen LogP contribution in [0.1, 0.15) is 36.0 Å². The molecule has 2 aliphatic rings. The topological polar surface area (TPSA) is 115 Å². The monoisotopic (exact) mass is 585 g/mol. The van der Waals surface area contributed by atoms with E-state index in [0.717, 1.165) is 28.0 Å². The van der Waals surface area contributed by atoms with Crippen LogP contribution in [0, 0.1) is 5.92 Å². The molecule has 202 valence electrons. The van der Waals surface area contributed by atoms with Crippen molar-refractivity contribution in [1.82, 2.24) is 4.57 Å². The first-order chi connectivity index (χ1) is 18.5. The standard InChI is InChI=1S/C27H24ClN3O6S2/c1-4-37-25(35)14-5-11-17(12-6-14)31-22(33)19-20(23(31)34)38-24-21(27(19,2)3)39-26(36)30(24)13-18(32)29-16-9-7-15(28)8-10-16/h5-12,19-20H,4,13H2,1-3H3,(H,29,32). The summed E-state index contributed by atoms with van der Waals surface area (Å²) in [6, 6.07) is 12.7. The van der Waals surface area contributed by atoms with Crippen LogP contribution in [0.15, 0.2) is 58.4 Å². The molecule has 1 N–H and O–H groups in total. The summed E-state index contributed by atoms with van der Waals surface area (Å²) in [6.07, 6.45) is 0. The molecule has 39 heavy (non-hydrogen) atoms. The molecule has 0 saturated carbocycles. The summed E-state index contributed by atoms with van der Waals surface area (Å²) < 4.78 is 6.37. The van der Waals surface area contributed by atoms with Crippen LogP contribution in [-0.2, 0) is 31.1 Å². The van der Waals surface area contributed by atoms with Crippen LogP contribution in [-0.4, -0.2) is 40.1 Å². The highest BCUT2D eigenvalue weighted by Crippen LogP contribution is 2.54. The number of imide groups is 1. The van der Waals surface area contributed by atoms with Crippen LogP contribution in [0.25, 0.3) is 0 Å². The number of hydrogen-bond acceptors (Lipinski definition) is 8. The van der Waals surface area contributed by atoms with E-state index in [4.69, 9.17) is 16.3 Å². The largest absolute Gasteiger partial charge is 0.462 e. The van der Waals surface area contributed by atoms with E-state index in [1.54, 1.807) is 43.3 Å². The lowest BCUT2D eigenvalue weighted by molar-refractivity contribution is -0.123. The van der Waals surface area contributed by atoms with Gasteiger partial charge in [-0.3, -0.25) is 23.7 Å². The van der Waals surface area contributed by atoms with Crippen molar-refractivity contribution in [3.8, 4) is 0 Å². The molecule has 2 aliphatic heterocycles. The van der Waals surface area contributed by atoms with Crippen molar-refractivity contribution in [3.63, 3.8) is 0 Å². The van der Waals surface area contributed by atoms with Gasteiger partial charge in [0.1, 0.15) is 11.8 Å². The number of rotatable bonds is 6. The van der Waals surface area contributed by atoms with Crippen molar-refractivity contribution in [2.45, 2.75) is 43.0 Å². The second kappa shape index (κ2) is 10.3. The van der Waals surface area contributed by atoms with Gasteiger partial charge in [0.05, 0.1) is 28.8 Å². The summed E-state index contributed by atoms with van der Waals surface area (Å²) in [5.74, 6) is -2.38. The highest BCUT2D eigenvalue weighted by molar-refractivity contribution is 8.00. The first-order valence-corrected chi connectivity index (χ1v) is 14.2. The predicted octanol–water partition coefficient (Wildman–Crippen LogP) is 4.32. The molecule has 2 unspecified atom stereocenters. The van der Waals surface area contributed by atoms with E-state index in [-0.39, 0.29) is 23.9 Å². The van der Waals surface area contributed by atoms with Gasteiger partial charge >= 0.3 is 10.8 Å². The molecule has 9 nitrogen and oxygen atoms in total. The minimum Gasteiger partial charge on any atom is -0.462 e. The van der Waals surface area contributed by atoms with Crippen LogP contribution in [0.3, 0.4) is 0 Å². The Labute approximate surface area is 237 Å². The molecule has 0 bridgehead atoms. The second-order valence-electron chi connectivity index (χ2n) is 9.66. The van der Waals surface area contributed by atoms with Crippen LogP contribution in [0.4, 0.5) is 11.4 Å². The summed E-state index contributed by atoms with van der Waals surface area (Å²) in [4.78, 5) is 66.5. The van der Waals surface area contributed by atoms with Gasteiger partial charge in [0.15, 0.2) is 0 Å². The molecule has 1 saturated heterocycles. The van der Waals surface area contributed by atoms with Gasteiger partial charge in [0, 0.05) is 21.0 Å². The van der Waals surface area contributed by atoms with E-state index in [9.17, 15) is 24.0 Å². The van der Waals surface area contributed by atoms with Crippen molar-refractivity contribution in [1.29, 1.82) is 0 Å². The molecule has 2 aromatic carbocycles. The van der Waals surface area contributed by atoms with Gasteiger partial charge in [0.25, 0.3) is 0 Å². The lowest BCUT2D eigenvalue weighted by atomic mass is 9.76. The second-order valence-corrected chi connectivity index (χ2v) is 12.2. The number of thiazole rings is 1. The third-order valence-corrected chi connectivity index (χ3v) is 9.85. The lowest BCUT2D eigenvalue weighted by Crippen LogP contribution is -2.41. The molecule has 3 heterocycles. The minimum atomic E-state index is -0.834. The number of halogens is 1. The number of esters is 1. The van der Waals surface area contributed by atoms with Crippen molar-refractivity contribution in [3.05, 3.63) is 73.7 Å². The summed E-state index contributed by atoms with van der Waals surface area (Å²) in [5.41, 5.74) is 0.372. The summed E-state index contributed by atoms with van der Waals surface area (Å²) in [7, 11) is 0. The van der Waals surface area contributed by atoms with E-state index in [2.05, 4.69) is 5.32 Å². The van der Waals surface area contributed by atoms with Crippen LogP contribution >= 0.6 is 34.7 Å². The van der Waals surface area contributed by atoms with Crippen LogP contribution in [0.5, 0.6) is 0 Å². The SMILES string of the molecule is CCOC(=O)c1ccc(N2C(=O)C3Sc4c(sc(=O)n4CC(=O)Nc4ccc(Cl)cc4)C(C)(C)C3C2=O)cc1. The Kier molecular flexibility index (Phi) is 7.17. The molecule has 3 amide bonds. The Morgan fingerprint density at radius 3 is 2.33 bits per heavy atom. The zero-order valence-electron chi connectivity index (χ0n) is 21.2. The van der Waals surface area contributed by atoms with Gasteiger partial charge < -0.3 is 10.1 Å². The molecule has 5 rings (SSSR count). The summed E-state index contributed by atoms with van der Waals surface area (Å²) >= 11 is 8.03. The molecule has 1 aromatic heterocycles. The zero-order valence-corrected chi connectivity index (χ0v) is 23.6. The first kappa shape index (κ1) is 27.2. The van der Waals surface area contributed by atoms with Crippen molar-refractivity contribution in [2.24, 2.45) is 5.92 Å². The van der Waals surface area contributed by atoms with Gasteiger partial charge in [-0.2, -0.15) is 0 Å². The highest BCUT2D eigenvalue weighted by Gasteiger charge is 2.59. The van der Waals surface area contributed by atoms with Crippen LogP contribution < -0.4 is 15.1 Å². The molecular weight excluding hydrogens is 562 g/mol. The Balaban J connectivity index is 1.42. The maximum Gasteiger partial charge on any atom is 0.338 e. The Morgan fingerprint density at radius 2 is 1.69 bits per heavy atom. The number of fused-ring (bicyclic) bond motifs is 2. The smallest absolute Gasteiger partial charge is 0.338 e. The zero-order chi connectivity index (χ0) is 28.1. The number of nitrogens with zero attached hydrogens (tertiary/aromatic N) is 2. The Hall–Kier alpha value is -3.41. The number of benzene rings is 2. The maximum absolute atomic E-state index is 13.6. The van der Waals surface area contributed by atoms with E-state index in [1.807, 2.05) is 13.8 Å². The van der Waals surface area contributed by atoms with E-state index < -0.39 is 34.4 Å². The molecule has 0 spiro atoms. The summed E-state index contributed by atoms with van der Waals surface area (Å²) in [6.45, 7) is 5.39. The predicted molar refractivity (Wildman–Crippen MR) is 150 cm³/mol. The Morgan fingerprint density at radius 1 is 1.03 bits per heavy atom. The molecule has 2 atom stereocenters. The Bertz CT molecular complexity index is 1540. The third kappa shape index (κ3) is 4.79. The van der Waals surface area contributed by atoms with Gasteiger partial charge in [-0.15, -0.1) is 0 Å². The van der Waals surface area contributed by atoms with E-state index in [0.29, 0.717) is 31.9 Å². The number of hydrogen-bond donors (Lipinski definition) is 1. The fraction of sp³-hybridized carbons (Fsp3) is 0.296. The molecule has 1 fully saturated rings. The normalized spacial score (nSPS) is 19.4. The molecule has 12 heteroatoms. The van der Waals surface area contributed by atoms with E-state index in [1.165, 1.54) is 16.7 Å².